The molecule has 0 atom stereocenters. The van der Waals surface area contributed by atoms with E-state index in [2.05, 4.69) is 34.1 Å². The number of nitrogens with one attached hydrogen (secondary N) is 1. The van der Waals surface area contributed by atoms with Crippen molar-refractivity contribution in [2.45, 2.75) is 33.2 Å². The molecule has 3 aromatic rings. The van der Waals surface area contributed by atoms with Crippen LogP contribution in [0.4, 0.5) is 4.39 Å². The number of fused-ring (bicyclic) bond motifs is 1. The van der Waals surface area contributed by atoms with E-state index in [0.29, 0.717) is 24.1 Å². The normalized spacial score (nSPS) is 11.0. The molecule has 0 saturated heterocycles. The lowest BCUT2D eigenvalue weighted by molar-refractivity contribution is 0.0953. The minimum atomic E-state index is -0.360. The van der Waals surface area contributed by atoms with Gasteiger partial charge in [-0.15, -0.1) is 0 Å². The van der Waals surface area contributed by atoms with E-state index < -0.39 is 0 Å². The highest BCUT2D eigenvalue weighted by Crippen LogP contribution is 2.20. The van der Waals surface area contributed by atoms with Gasteiger partial charge < -0.3 is 9.88 Å². The summed E-state index contributed by atoms with van der Waals surface area (Å²) >= 11 is 0. The standard InChI is InChI=1S/C20H22FN3O/c1-3-11-24-13-16(17-5-4-9-22-19(17)24)8-10-23-20(25)15-7-6-14(2)18(21)12-15/h4-7,9,12-13H,3,8,10-11H2,1-2H3,(H,23,25). The number of hydrogen-bond acceptors (Lipinski definition) is 2. The number of carbonyl (C=O) groups excluding carboxylic acids is 1. The number of hydrogen-bond donors (Lipinski definition) is 1. The summed E-state index contributed by atoms with van der Waals surface area (Å²) in [5, 5.41) is 3.98. The Hall–Kier alpha value is -2.69. The Bertz CT molecular complexity index is 901. The maximum Gasteiger partial charge on any atom is 0.251 e. The van der Waals surface area contributed by atoms with Crippen LogP contribution >= 0.6 is 0 Å². The first-order valence-electron chi connectivity index (χ1n) is 8.57. The van der Waals surface area contributed by atoms with Crippen molar-refractivity contribution in [3.8, 4) is 0 Å². The average Bonchev–Trinajstić information content (AvgIpc) is 2.96. The number of carbonyl (C=O) groups is 1. The number of aryl methyl sites for hydroxylation is 2. The molecular weight excluding hydrogens is 317 g/mol. The van der Waals surface area contributed by atoms with Crippen LogP contribution in [0.1, 0.15) is 34.8 Å². The summed E-state index contributed by atoms with van der Waals surface area (Å²) in [4.78, 5) is 16.6. The molecule has 0 saturated carbocycles. The molecule has 3 rings (SSSR count). The average molecular weight is 339 g/mol. The predicted octanol–water partition coefficient (Wildman–Crippen LogP) is 3.87. The first kappa shape index (κ1) is 17.1. The maximum atomic E-state index is 13.6. The third-order valence-corrected chi connectivity index (χ3v) is 4.29. The first-order chi connectivity index (χ1) is 12.1. The molecule has 0 aliphatic carbocycles. The van der Waals surface area contributed by atoms with Gasteiger partial charge in [-0.2, -0.15) is 0 Å². The topological polar surface area (TPSA) is 46.9 Å². The molecule has 1 N–H and O–H groups in total. The van der Waals surface area contributed by atoms with Crippen LogP contribution in [0.15, 0.2) is 42.7 Å². The Morgan fingerprint density at radius 1 is 1.32 bits per heavy atom. The largest absolute Gasteiger partial charge is 0.352 e. The molecule has 0 unspecified atom stereocenters. The fraction of sp³-hybridized carbons (Fsp3) is 0.300. The van der Waals surface area contributed by atoms with Crippen molar-refractivity contribution < 1.29 is 9.18 Å². The first-order valence-corrected chi connectivity index (χ1v) is 8.57. The molecule has 0 bridgehead atoms. The monoisotopic (exact) mass is 339 g/mol. The summed E-state index contributed by atoms with van der Waals surface area (Å²) in [6.07, 6.45) is 5.65. The van der Waals surface area contributed by atoms with Crippen LogP contribution in [0.25, 0.3) is 11.0 Å². The Balaban J connectivity index is 1.68. The van der Waals surface area contributed by atoms with Crippen molar-refractivity contribution in [1.29, 1.82) is 0 Å². The number of rotatable bonds is 6. The number of nitrogens with zero attached hydrogens (tertiary/aromatic N) is 2. The highest BCUT2D eigenvalue weighted by molar-refractivity contribution is 5.94. The maximum absolute atomic E-state index is 13.6. The van der Waals surface area contributed by atoms with Crippen LogP contribution in [0, 0.1) is 12.7 Å². The van der Waals surface area contributed by atoms with Crippen molar-refractivity contribution in [2.75, 3.05) is 6.54 Å². The Morgan fingerprint density at radius 2 is 2.16 bits per heavy atom. The summed E-state index contributed by atoms with van der Waals surface area (Å²) < 4.78 is 15.7. The van der Waals surface area contributed by atoms with Gasteiger partial charge >= 0.3 is 0 Å². The molecule has 0 fully saturated rings. The molecule has 0 aliphatic rings. The third-order valence-electron chi connectivity index (χ3n) is 4.29. The lowest BCUT2D eigenvalue weighted by Crippen LogP contribution is -2.25. The summed E-state index contributed by atoms with van der Waals surface area (Å²) in [5.41, 5.74) is 3.02. The number of pyridine rings is 1. The van der Waals surface area contributed by atoms with Gasteiger partial charge in [0.25, 0.3) is 5.91 Å². The zero-order valence-electron chi connectivity index (χ0n) is 14.6. The van der Waals surface area contributed by atoms with Gasteiger partial charge in [-0.3, -0.25) is 4.79 Å². The summed E-state index contributed by atoms with van der Waals surface area (Å²) in [6, 6.07) is 8.53. The van der Waals surface area contributed by atoms with Gasteiger partial charge in [0.05, 0.1) is 0 Å². The van der Waals surface area contributed by atoms with Crippen LogP contribution in [0.5, 0.6) is 0 Å². The molecular formula is C20H22FN3O. The van der Waals surface area contributed by atoms with E-state index in [1.165, 1.54) is 6.07 Å². The number of amides is 1. The van der Waals surface area contributed by atoms with Gasteiger partial charge in [0.2, 0.25) is 0 Å². The third kappa shape index (κ3) is 3.71. The molecule has 0 radical (unpaired) electrons. The lowest BCUT2D eigenvalue weighted by atomic mass is 10.1. The van der Waals surface area contributed by atoms with E-state index in [1.54, 1.807) is 25.3 Å². The Morgan fingerprint density at radius 3 is 2.92 bits per heavy atom. The lowest BCUT2D eigenvalue weighted by Gasteiger charge is -2.06. The molecule has 130 valence electrons. The van der Waals surface area contributed by atoms with Crippen LogP contribution in [0.2, 0.25) is 0 Å². The van der Waals surface area contributed by atoms with Crippen LogP contribution < -0.4 is 5.32 Å². The fourth-order valence-electron chi connectivity index (χ4n) is 2.95. The molecule has 1 aromatic carbocycles. The second-order valence-corrected chi connectivity index (χ2v) is 6.19. The molecule has 0 spiro atoms. The van der Waals surface area contributed by atoms with Crippen LogP contribution in [-0.2, 0) is 13.0 Å². The molecule has 2 aromatic heterocycles. The highest BCUT2D eigenvalue weighted by Gasteiger charge is 2.11. The van der Waals surface area contributed by atoms with Gasteiger partial charge in [-0.1, -0.05) is 13.0 Å². The number of benzene rings is 1. The van der Waals surface area contributed by atoms with Gasteiger partial charge in [-0.25, -0.2) is 9.37 Å². The van der Waals surface area contributed by atoms with E-state index >= 15 is 0 Å². The summed E-state index contributed by atoms with van der Waals surface area (Å²) in [5.74, 6) is -0.615. The Labute approximate surface area is 146 Å². The van der Waals surface area contributed by atoms with Gasteiger partial charge in [0.15, 0.2) is 0 Å². The van der Waals surface area contributed by atoms with Gasteiger partial charge in [-0.05, 0) is 55.2 Å². The van der Waals surface area contributed by atoms with Gasteiger partial charge in [0.1, 0.15) is 11.5 Å². The predicted molar refractivity (Wildman–Crippen MR) is 97.2 cm³/mol. The number of halogens is 1. The fourth-order valence-corrected chi connectivity index (χ4v) is 2.95. The van der Waals surface area contributed by atoms with Crippen LogP contribution in [0.3, 0.4) is 0 Å². The highest BCUT2D eigenvalue weighted by atomic mass is 19.1. The van der Waals surface area contributed by atoms with E-state index in [1.807, 2.05) is 6.07 Å². The van der Waals surface area contributed by atoms with E-state index in [-0.39, 0.29) is 11.7 Å². The van der Waals surface area contributed by atoms with E-state index in [9.17, 15) is 9.18 Å². The molecule has 1 amide bonds. The molecule has 4 nitrogen and oxygen atoms in total. The van der Waals surface area contributed by atoms with Gasteiger partial charge in [0, 0.05) is 36.4 Å². The zero-order valence-corrected chi connectivity index (χ0v) is 14.6. The minimum absolute atomic E-state index is 0.255. The number of aromatic nitrogens is 2. The molecule has 25 heavy (non-hydrogen) atoms. The molecule has 2 heterocycles. The van der Waals surface area contributed by atoms with Crippen LogP contribution in [-0.4, -0.2) is 22.0 Å². The SMILES string of the molecule is CCCn1cc(CCNC(=O)c2ccc(C)c(F)c2)c2cccnc21. The zero-order chi connectivity index (χ0) is 17.8. The second-order valence-electron chi connectivity index (χ2n) is 6.19. The molecule has 5 heteroatoms. The van der Waals surface area contributed by atoms with Crippen molar-refractivity contribution in [2.24, 2.45) is 0 Å². The molecule has 0 aliphatic heterocycles. The van der Waals surface area contributed by atoms with E-state index in [0.717, 1.165) is 29.6 Å². The van der Waals surface area contributed by atoms with Crippen molar-refractivity contribution >= 4 is 16.9 Å². The minimum Gasteiger partial charge on any atom is -0.352 e. The van der Waals surface area contributed by atoms with Crippen molar-refractivity contribution in [3.05, 3.63) is 65.2 Å². The van der Waals surface area contributed by atoms with Crippen molar-refractivity contribution in [3.63, 3.8) is 0 Å². The van der Waals surface area contributed by atoms with E-state index in [4.69, 9.17) is 0 Å². The quantitative estimate of drug-likeness (QED) is 0.741. The smallest absolute Gasteiger partial charge is 0.251 e. The Kier molecular flexibility index (Phi) is 5.12. The van der Waals surface area contributed by atoms with Crippen molar-refractivity contribution in [1.82, 2.24) is 14.9 Å². The summed E-state index contributed by atoms with van der Waals surface area (Å²) in [6.45, 7) is 5.23. The second kappa shape index (κ2) is 7.47. The summed E-state index contributed by atoms with van der Waals surface area (Å²) in [7, 11) is 0.